The highest BCUT2D eigenvalue weighted by atomic mass is 32.2. The Labute approximate surface area is 154 Å². The highest BCUT2D eigenvalue weighted by Gasteiger charge is 2.33. The third kappa shape index (κ3) is 4.03. The Morgan fingerprint density at radius 3 is 2.54 bits per heavy atom. The predicted octanol–water partition coefficient (Wildman–Crippen LogP) is 2.56. The summed E-state index contributed by atoms with van der Waals surface area (Å²) in [6.45, 7) is 2.91. The van der Waals surface area contributed by atoms with Crippen LogP contribution in [-0.4, -0.2) is 54.2 Å². The number of aromatic nitrogens is 2. The zero-order valence-electron chi connectivity index (χ0n) is 15.3. The van der Waals surface area contributed by atoms with E-state index in [4.69, 9.17) is 4.74 Å². The maximum absolute atomic E-state index is 12.5. The lowest BCUT2D eigenvalue weighted by Gasteiger charge is -2.33. The number of piperidine rings is 1. The van der Waals surface area contributed by atoms with Gasteiger partial charge in [-0.15, -0.1) is 0 Å². The van der Waals surface area contributed by atoms with Crippen LogP contribution in [0.5, 0.6) is 11.6 Å². The number of hydrogen-bond donors (Lipinski definition) is 0. The van der Waals surface area contributed by atoms with Crippen molar-refractivity contribution in [3.8, 4) is 11.6 Å². The zero-order valence-corrected chi connectivity index (χ0v) is 16.1. The largest absolute Gasteiger partial charge is 0.437 e. The SMILES string of the molecule is Cc1ccc(Oc2nccnc2C2CCCN(S(=O)(=O)N(C)C)C2)cc1. The van der Waals surface area contributed by atoms with E-state index in [9.17, 15) is 8.42 Å². The van der Waals surface area contributed by atoms with E-state index in [0.717, 1.165) is 18.4 Å². The molecule has 0 saturated carbocycles. The molecule has 1 aromatic heterocycles. The quantitative estimate of drug-likeness (QED) is 0.802. The summed E-state index contributed by atoms with van der Waals surface area (Å²) in [6, 6.07) is 7.71. The van der Waals surface area contributed by atoms with E-state index in [1.807, 2.05) is 31.2 Å². The molecule has 1 fully saturated rings. The van der Waals surface area contributed by atoms with Gasteiger partial charge in [0, 0.05) is 45.5 Å². The minimum atomic E-state index is -3.44. The highest BCUT2D eigenvalue weighted by molar-refractivity contribution is 7.86. The number of nitrogens with zero attached hydrogens (tertiary/aromatic N) is 4. The molecule has 26 heavy (non-hydrogen) atoms. The topological polar surface area (TPSA) is 75.6 Å². The van der Waals surface area contributed by atoms with Gasteiger partial charge >= 0.3 is 0 Å². The summed E-state index contributed by atoms with van der Waals surface area (Å²) < 4.78 is 33.6. The molecule has 0 spiro atoms. The molecule has 1 aliphatic heterocycles. The molecule has 7 nitrogen and oxygen atoms in total. The summed E-state index contributed by atoms with van der Waals surface area (Å²) in [5.74, 6) is 1.07. The molecular weight excluding hydrogens is 352 g/mol. The fraction of sp³-hybridized carbons (Fsp3) is 0.444. The summed E-state index contributed by atoms with van der Waals surface area (Å²) in [6.07, 6.45) is 4.83. The fourth-order valence-corrected chi connectivity index (χ4v) is 4.21. The van der Waals surface area contributed by atoms with Crippen LogP contribution in [0, 0.1) is 6.92 Å². The van der Waals surface area contributed by atoms with Crippen molar-refractivity contribution in [1.29, 1.82) is 0 Å². The zero-order chi connectivity index (χ0) is 18.7. The van der Waals surface area contributed by atoms with E-state index >= 15 is 0 Å². The Balaban J connectivity index is 1.84. The van der Waals surface area contributed by atoms with Crippen LogP contribution < -0.4 is 4.74 Å². The molecular formula is C18H24N4O3S. The van der Waals surface area contributed by atoms with E-state index in [1.165, 1.54) is 8.61 Å². The molecule has 1 unspecified atom stereocenters. The van der Waals surface area contributed by atoms with Gasteiger partial charge in [-0.25, -0.2) is 4.98 Å². The van der Waals surface area contributed by atoms with E-state index in [0.29, 0.717) is 30.4 Å². The van der Waals surface area contributed by atoms with Crippen molar-refractivity contribution in [2.24, 2.45) is 0 Å². The normalized spacial score (nSPS) is 18.8. The van der Waals surface area contributed by atoms with E-state index < -0.39 is 10.2 Å². The van der Waals surface area contributed by atoms with Crippen molar-refractivity contribution in [3.63, 3.8) is 0 Å². The lowest BCUT2D eigenvalue weighted by molar-refractivity contribution is 0.291. The minimum Gasteiger partial charge on any atom is -0.437 e. The van der Waals surface area contributed by atoms with Crippen molar-refractivity contribution >= 4 is 10.2 Å². The first-order valence-corrected chi connectivity index (χ1v) is 10.0. The molecule has 0 aliphatic carbocycles. The molecule has 1 aliphatic rings. The van der Waals surface area contributed by atoms with Crippen molar-refractivity contribution in [3.05, 3.63) is 47.9 Å². The van der Waals surface area contributed by atoms with Gasteiger partial charge in [0.1, 0.15) is 11.4 Å². The first-order chi connectivity index (χ1) is 12.4. The van der Waals surface area contributed by atoms with E-state index in [-0.39, 0.29) is 5.92 Å². The Bertz CT molecular complexity index is 853. The molecule has 1 aromatic carbocycles. The molecule has 0 bridgehead atoms. The van der Waals surface area contributed by atoms with E-state index in [1.54, 1.807) is 26.5 Å². The van der Waals surface area contributed by atoms with Crippen LogP contribution in [0.25, 0.3) is 0 Å². The van der Waals surface area contributed by atoms with Crippen LogP contribution in [0.2, 0.25) is 0 Å². The molecule has 8 heteroatoms. The smallest absolute Gasteiger partial charge is 0.281 e. The molecule has 3 rings (SSSR count). The van der Waals surface area contributed by atoms with Crippen LogP contribution >= 0.6 is 0 Å². The molecule has 2 aromatic rings. The van der Waals surface area contributed by atoms with Crippen LogP contribution in [0.1, 0.15) is 30.0 Å². The van der Waals surface area contributed by atoms with Crippen molar-refractivity contribution < 1.29 is 13.2 Å². The van der Waals surface area contributed by atoms with Gasteiger partial charge in [-0.1, -0.05) is 17.7 Å². The second-order valence-electron chi connectivity index (χ2n) is 6.65. The molecule has 2 heterocycles. The van der Waals surface area contributed by atoms with Crippen LogP contribution in [-0.2, 0) is 10.2 Å². The monoisotopic (exact) mass is 376 g/mol. The van der Waals surface area contributed by atoms with Gasteiger partial charge in [0.15, 0.2) is 0 Å². The number of rotatable bonds is 5. The minimum absolute atomic E-state index is 0.0485. The van der Waals surface area contributed by atoms with E-state index in [2.05, 4.69) is 9.97 Å². The maximum atomic E-state index is 12.5. The van der Waals surface area contributed by atoms with Crippen LogP contribution in [0.15, 0.2) is 36.7 Å². The lowest BCUT2D eigenvalue weighted by atomic mass is 9.96. The van der Waals surface area contributed by atoms with Gasteiger partial charge < -0.3 is 4.74 Å². The highest BCUT2D eigenvalue weighted by Crippen LogP contribution is 2.33. The number of ether oxygens (including phenoxy) is 1. The summed E-state index contributed by atoms with van der Waals surface area (Å²) in [5.41, 5.74) is 1.85. The Morgan fingerprint density at radius 2 is 1.85 bits per heavy atom. The summed E-state index contributed by atoms with van der Waals surface area (Å²) in [4.78, 5) is 8.79. The second kappa shape index (κ2) is 7.69. The molecule has 140 valence electrons. The van der Waals surface area contributed by atoms with Crippen molar-refractivity contribution in [2.45, 2.75) is 25.7 Å². The standard InChI is InChI=1S/C18H24N4O3S/c1-14-6-8-16(9-7-14)25-18-17(19-10-11-20-18)15-5-4-12-22(13-15)26(23,24)21(2)3/h6-11,15H,4-5,12-13H2,1-3H3. The average molecular weight is 376 g/mol. The second-order valence-corrected chi connectivity index (χ2v) is 8.79. The Morgan fingerprint density at radius 1 is 1.15 bits per heavy atom. The molecule has 0 radical (unpaired) electrons. The molecule has 1 atom stereocenters. The first kappa shape index (κ1) is 18.8. The Kier molecular flexibility index (Phi) is 5.55. The van der Waals surface area contributed by atoms with Gasteiger partial charge in [0.05, 0.1) is 0 Å². The first-order valence-electron chi connectivity index (χ1n) is 8.61. The van der Waals surface area contributed by atoms with Gasteiger partial charge in [0.2, 0.25) is 5.88 Å². The summed E-state index contributed by atoms with van der Waals surface area (Å²) in [5, 5.41) is 0. The third-order valence-electron chi connectivity index (χ3n) is 4.49. The number of benzene rings is 1. The summed E-state index contributed by atoms with van der Waals surface area (Å²) in [7, 11) is -0.342. The lowest BCUT2D eigenvalue weighted by Crippen LogP contribution is -2.45. The molecule has 0 amide bonds. The van der Waals surface area contributed by atoms with Gasteiger partial charge in [0.25, 0.3) is 10.2 Å². The van der Waals surface area contributed by atoms with Crippen LogP contribution in [0.4, 0.5) is 0 Å². The van der Waals surface area contributed by atoms with Gasteiger partial charge in [-0.2, -0.15) is 17.0 Å². The number of hydrogen-bond acceptors (Lipinski definition) is 5. The van der Waals surface area contributed by atoms with Crippen molar-refractivity contribution in [1.82, 2.24) is 18.6 Å². The van der Waals surface area contributed by atoms with Gasteiger partial charge in [-0.3, -0.25) is 4.98 Å². The van der Waals surface area contributed by atoms with Crippen LogP contribution in [0.3, 0.4) is 0 Å². The predicted molar refractivity (Wildman–Crippen MR) is 99.4 cm³/mol. The number of aryl methyl sites for hydroxylation is 1. The fourth-order valence-electron chi connectivity index (χ4n) is 3.02. The third-order valence-corrected chi connectivity index (χ3v) is 6.39. The molecule has 1 saturated heterocycles. The maximum Gasteiger partial charge on any atom is 0.281 e. The average Bonchev–Trinajstić information content (AvgIpc) is 2.64. The molecule has 0 N–H and O–H groups in total. The Hall–Kier alpha value is -2.03. The summed E-state index contributed by atoms with van der Waals surface area (Å²) >= 11 is 0. The van der Waals surface area contributed by atoms with Crippen molar-refractivity contribution in [2.75, 3.05) is 27.2 Å². The van der Waals surface area contributed by atoms with Gasteiger partial charge in [-0.05, 0) is 31.9 Å².